The molecule has 0 radical (unpaired) electrons. The van der Waals surface area contributed by atoms with Gasteiger partial charge in [-0.1, -0.05) is 0 Å². The lowest BCUT2D eigenvalue weighted by Gasteiger charge is -2.35. The number of amides is 1. The van der Waals surface area contributed by atoms with E-state index in [0.717, 1.165) is 12.4 Å². The summed E-state index contributed by atoms with van der Waals surface area (Å²) >= 11 is 0. The molecule has 2 aromatic heterocycles. The zero-order valence-electron chi connectivity index (χ0n) is 17.3. The van der Waals surface area contributed by atoms with Gasteiger partial charge in [0.2, 0.25) is 11.9 Å². The van der Waals surface area contributed by atoms with Crippen LogP contribution in [0.5, 0.6) is 0 Å². The molecule has 1 N–H and O–H groups in total. The summed E-state index contributed by atoms with van der Waals surface area (Å²) in [7, 11) is 1.84. The normalized spacial score (nSPS) is 14.6. The zero-order chi connectivity index (χ0) is 22.6. The molecule has 0 aromatic carbocycles. The first-order valence-corrected chi connectivity index (χ1v) is 9.84. The SMILES string of the molecule is Cc1cc(N(C)CCCC(=O)N2CCN(c3ncc(C(F)(F)F)cn3)CC2)n[nH]c1=O. The molecule has 168 valence electrons. The van der Waals surface area contributed by atoms with Gasteiger partial charge in [0.1, 0.15) is 5.82 Å². The summed E-state index contributed by atoms with van der Waals surface area (Å²) < 4.78 is 37.9. The van der Waals surface area contributed by atoms with E-state index in [2.05, 4.69) is 20.2 Å². The Bertz CT molecular complexity index is 954. The smallest absolute Gasteiger partial charge is 0.358 e. The van der Waals surface area contributed by atoms with Crippen molar-refractivity contribution in [1.82, 2.24) is 25.1 Å². The molecule has 3 rings (SSSR count). The first-order valence-electron chi connectivity index (χ1n) is 9.84. The van der Waals surface area contributed by atoms with Crippen LogP contribution in [0.1, 0.15) is 24.0 Å². The Labute approximate surface area is 176 Å². The molecule has 1 saturated heterocycles. The molecule has 31 heavy (non-hydrogen) atoms. The van der Waals surface area contributed by atoms with Gasteiger partial charge in [0.25, 0.3) is 5.56 Å². The molecule has 0 saturated carbocycles. The Morgan fingerprint density at radius 2 is 1.84 bits per heavy atom. The molecule has 1 aliphatic rings. The monoisotopic (exact) mass is 439 g/mol. The van der Waals surface area contributed by atoms with Crippen LogP contribution in [-0.4, -0.2) is 70.7 Å². The second-order valence-corrected chi connectivity index (χ2v) is 7.40. The standard InChI is InChI=1S/C19H24F3N7O2/c1-13-10-15(25-26-17(13)31)27(2)5-3-4-16(30)28-6-8-29(9-7-28)18-23-11-14(12-24-18)19(20,21)22/h10-12H,3-9H2,1-2H3,(H,26,31). The second-order valence-electron chi connectivity index (χ2n) is 7.40. The number of H-pyrrole nitrogens is 1. The highest BCUT2D eigenvalue weighted by atomic mass is 19.4. The van der Waals surface area contributed by atoms with Crippen LogP contribution in [0.2, 0.25) is 0 Å². The third-order valence-corrected chi connectivity index (χ3v) is 5.13. The molecule has 1 amide bonds. The van der Waals surface area contributed by atoms with Crippen molar-refractivity contribution in [3.8, 4) is 0 Å². The average Bonchev–Trinajstić information content (AvgIpc) is 2.75. The fourth-order valence-corrected chi connectivity index (χ4v) is 3.21. The molecule has 0 unspecified atom stereocenters. The maximum Gasteiger partial charge on any atom is 0.419 e. The summed E-state index contributed by atoms with van der Waals surface area (Å²) in [6, 6.07) is 1.70. The van der Waals surface area contributed by atoms with Crippen molar-refractivity contribution in [3.63, 3.8) is 0 Å². The molecule has 0 atom stereocenters. The summed E-state index contributed by atoms with van der Waals surface area (Å²) in [4.78, 5) is 36.9. The lowest BCUT2D eigenvalue weighted by molar-refractivity contribution is -0.138. The van der Waals surface area contributed by atoms with Gasteiger partial charge in [0.15, 0.2) is 0 Å². The number of aryl methyl sites for hydroxylation is 1. The predicted octanol–water partition coefficient (Wildman–Crippen LogP) is 1.45. The van der Waals surface area contributed by atoms with Crippen molar-refractivity contribution in [2.45, 2.75) is 25.9 Å². The highest BCUT2D eigenvalue weighted by Crippen LogP contribution is 2.28. The van der Waals surface area contributed by atoms with E-state index in [1.165, 1.54) is 0 Å². The lowest BCUT2D eigenvalue weighted by Crippen LogP contribution is -2.49. The fourth-order valence-electron chi connectivity index (χ4n) is 3.21. The highest BCUT2D eigenvalue weighted by Gasteiger charge is 2.32. The van der Waals surface area contributed by atoms with Crippen LogP contribution in [0.15, 0.2) is 23.3 Å². The number of alkyl halides is 3. The van der Waals surface area contributed by atoms with Crippen molar-refractivity contribution in [2.75, 3.05) is 49.6 Å². The van der Waals surface area contributed by atoms with E-state index in [1.54, 1.807) is 22.8 Å². The maximum atomic E-state index is 12.6. The third kappa shape index (κ3) is 5.70. The predicted molar refractivity (Wildman–Crippen MR) is 108 cm³/mol. The van der Waals surface area contributed by atoms with Gasteiger partial charge in [-0.15, -0.1) is 0 Å². The van der Waals surface area contributed by atoms with Crippen LogP contribution in [0.3, 0.4) is 0 Å². The van der Waals surface area contributed by atoms with E-state index in [9.17, 15) is 22.8 Å². The summed E-state index contributed by atoms with van der Waals surface area (Å²) in [5.74, 6) is 0.882. The summed E-state index contributed by atoms with van der Waals surface area (Å²) in [6.45, 7) is 4.13. The lowest BCUT2D eigenvalue weighted by atomic mass is 10.2. The molecule has 2 aromatic rings. The number of aromatic amines is 1. The van der Waals surface area contributed by atoms with E-state index in [4.69, 9.17) is 0 Å². The van der Waals surface area contributed by atoms with Crippen LogP contribution in [0.25, 0.3) is 0 Å². The largest absolute Gasteiger partial charge is 0.419 e. The van der Waals surface area contributed by atoms with Crippen LogP contribution in [-0.2, 0) is 11.0 Å². The highest BCUT2D eigenvalue weighted by molar-refractivity contribution is 5.76. The average molecular weight is 439 g/mol. The Morgan fingerprint density at radius 1 is 1.19 bits per heavy atom. The van der Waals surface area contributed by atoms with Gasteiger partial charge in [0.05, 0.1) is 5.56 Å². The molecule has 9 nitrogen and oxygen atoms in total. The number of nitrogens with one attached hydrogen (secondary N) is 1. The van der Waals surface area contributed by atoms with Gasteiger partial charge >= 0.3 is 6.18 Å². The summed E-state index contributed by atoms with van der Waals surface area (Å²) in [5, 5.41) is 6.43. The topological polar surface area (TPSA) is 98.3 Å². The van der Waals surface area contributed by atoms with E-state index in [0.29, 0.717) is 56.9 Å². The van der Waals surface area contributed by atoms with Crippen LogP contribution in [0, 0.1) is 6.92 Å². The molecule has 12 heteroatoms. The molecule has 1 fully saturated rings. The maximum absolute atomic E-state index is 12.6. The number of piperazine rings is 1. The van der Waals surface area contributed by atoms with Crippen molar-refractivity contribution in [3.05, 3.63) is 39.9 Å². The first-order chi connectivity index (χ1) is 14.6. The van der Waals surface area contributed by atoms with Crippen LogP contribution in [0.4, 0.5) is 24.9 Å². The third-order valence-electron chi connectivity index (χ3n) is 5.13. The number of carbonyl (C=O) groups excluding carboxylic acids is 1. The van der Waals surface area contributed by atoms with Gasteiger partial charge < -0.3 is 14.7 Å². The van der Waals surface area contributed by atoms with Crippen molar-refractivity contribution in [1.29, 1.82) is 0 Å². The van der Waals surface area contributed by atoms with Gasteiger partial charge in [-0.2, -0.15) is 18.3 Å². The van der Waals surface area contributed by atoms with Gasteiger partial charge in [-0.05, 0) is 19.4 Å². The number of hydrogen-bond acceptors (Lipinski definition) is 7. The molecular formula is C19H24F3N7O2. The van der Waals surface area contributed by atoms with Crippen molar-refractivity contribution >= 4 is 17.7 Å². The molecule has 0 spiro atoms. The number of carbonyl (C=O) groups is 1. The Kier molecular flexibility index (Phi) is 6.76. The summed E-state index contributed by atoms with van der Waals surface area (Å²) in [6.07, 6.45) is -1.94. The molecule has 3 heterocycles. The Balaban J connectivity index is 1.43. The number of anilines is 2. The van der Waals surface area contributed by atoms with Crippen molar-refractivity contribution in [2.24, 2.45) is 0 Å². The number of hydrogen-bond donors (Lipinski definition) is 1. The zero-order valence-corrected chi connectivity index (χ0v) is 17.3. The Morgan fingerprint density at radius 3 is 2.42 bits per heavy atom. The quantitative estimate of drug-likeness (QED) is 0.728. The van der Waals surface area contributed by atoms with Crippen LogP contribution >= 0.6 is 0 Å². The van der Waals surface area contributed by atoms with E-state index in [-0.39, 0.29) is 17.4 Å². The van der Waals surface area contributed by atoms with E-state index >= 15 is 0 Å². The van der Waals surface area contributed by atoms with Gasteiger partial charge in [-0.25, -0.2) is 15.1 Å². The molecule has 0 bridgehead atoms. The van der Waals surface area contributed by atoms with Crippen LogP contribution < -0.4 is 15.4 Å². The first kappa shape index (κ1) is 22.5. The number of nitrogens with zero attached hydrogens (tertiary/aromatic N) is 6. The van der Waals surface area contributed by atoms with E-state index < -0.39 is 11.7 Å². The minimum Gasteiger partial charge on any atom is -0.358 e. The molecular weight excluding hydrogens is 415 g/mol. The molecule has 0 aliphatic carbocycles. The second kappa shape index (κ2) is 9.31. The van der Waals surface area contributed by atoms with Gasteiger partial charge in [-0.3, -0.25) is 9.59 Å². The van der Waals surface area contributed by atoms with Gasteiger partial charge in [0, 0.05) is 64.1 Å². The summed E-state index contributed by atoms with van der Waals surface area (Å²) in [5.41, 5.74) is -0.543. The number of rotatable bonds is 6. The molecule has 1 aliphatic heterocycles. The van der Waals surface area contributed by atoms with Crippen molar-refractivity contribution < 1.29 is 18.0 Å². The van der Waals surface area contributed by atoms with E-state index in [1.807, 2.05) is 11.9 Å². The minimum absolute atomic E-state index is 0.0204. The Hall–Kier alpha value is -3.18. The number of halogens is 3. The fraction of sp³-hybridized carbons (Fsp3) is 0.526. The minimum atomic E-state index is -4.47. The number of aromatic nitrogens is 4.